The second-order valence-corrected chi connectivity index (χ2v) is 16.7. The molecule has 9 nitrogen and oxygen atoms in total. The van der Waals surface area contributed by atoms with Crippen molar-refractivity contribution in [3.05, 3.63) is 81.5 Å². The number of rotatable bonds is 14. The van der Waals surface area contributed by atoms with Gasteiger partial charge in [-0.05, 0) is 116 Å². The number of amidine groups is 1. The smallest absolute Gasteiger partial charge is 0.251 e. The van der Waals surface area contributed by atoms with Gasteiger partial charge in [0.2, 0.25) is 11.8 Å². The molecule has 2 aromatic carbocycles. The molecular weight excluding hydrogens is 671 g/mol. The Labute approximate surface area is 311 Å². The van der Waals surface area contributed by atoms with Gasteiger partial charge < -0.3 is 26.0 Å². The number of benzene rings is 2. The number of nitrogens with one attached hydrogen (secondary N) is 3. The van der Waals surface area contributed by atoms with Gasteiger partial charge in [-0.1, -0.05) is 56.7 Å². The first-order chi connectivity index (χ1) is 25.3. The first-order valence-electron chi connectivity index (χ1n) is 19.4. The van der Waals surface area contributed by atoms with E-state index in [9.17, 15) is 14.4 Å². The molecule has 52 heavy (non-hydrogen) atoms. The van der Waals surface area contributed by atoms with Crippen molar-refractivity contribution in [3.63, 3.8) is 0 Å². The van der Waals surface area contributed by atoms with E-state index < -0.39 is 6.04 Å². The highest BCUT2D eigenvalue weighted by Crippen LogP contribution is 2.50. The maximum atomic E-state index is 13.5. The molecule has 3 atom stereocenters. The number of thiophene rings is 1. The normalized spacial score (nSPS) is 24.4. The summed E-state index contributed by atoms with van der Waals surface area (Å²) < 4.78 is 6.36. The van der Waals surface area contributed by atoms with Crippen LogP contribution >= 0.6 is 11.3 Å². The minimum Gasteiger partial charge on any atom is -0.457 e. The number of carbonyl (C=O) groups is 3. The van der Waals surface area contributed by atoms with E-state index in [0.29, 0.717) is 42.5 Å². The van der Waals surface area contributed by atoms with Gasteiger partial charge in [-0.15, -0.1) is 11.3 Å². The van der Waals surface area contributed by atoms with Crippen molar-refractivity contribution in [3.8, 4) is 11.5 Å². The second kappa shape index (κ2) is 16.7. The van der Waals surface area contributed by atoms with Gasteiger partial charge in [-0.3, -0.25) is 19.8 Å². The number of amides is 3. The average molecular weight is 724 g/mol. The zero-order valence-corrected chi connectivity index (χ0v) is 30.9. The fraction of sp³-hybridized carbons (Fsp3) is 0.524. The van der Waals surface area contributed by atoms with Crippen LogP contribution in [0.1, 0.15) is 116 Å². The van der Waals surface area contributed by atoms with Gasteiger partial charge in [0.25, 0.3) is 5.91 Å². The summed E-state index contributed by atoms with van der Waals surface area (Å²) in [5.74, 6) is 4.56. The molecule has 0 radical (unpaired) electrons. The van der Waals surface area contributed by atoms with Gasteiger partial charge in [-0.2, -0.15) is 0 Å². The van der Waals surface area contributed by atoms with Crippen LogP contribution in [0, 0.1) is 29.1 Å². The van der Waals surface area contributed by atoms with E-state index in [1.165, 1.54) is 69.1 Å². The van der Waals surface area contributed by atoms with Gasteiger partial charge in [0, 0.05) is 27.9 Å². The van der Waals surface area contributed by atoms with Crippen LogP contribution < -0.4 is 21.1 Å². The molecule has 2 heterocycles. The maximum Gasteiger partial charge on any atom is 0.251 e. The van der Waals surface area contributed by atoms with Crippen LogP contribution in [0.2, 0.25) is 0 Å². The average Bonchev–Trinajstić information content (AvgIpc) is 3.97. The predicted molar refractivity (Wildman–Crippen MR) is 205 cm³/mol. The van der Waals surface area contributed by atoms with Crippen LogP contribution in [0.5, 0.6) is 11.5 Å². The number of nitrogens with two attached hydrogens (primary N) is 1. The highest BCUT2D eigenvalue weighted by atomic mass is 32.1. The summed E-state index contributed by atoms with van der Waals surface area (Å²) in [5.41, 5.74) is 7.76. The minimum atomic E-state index is -0.577. The van der Waals surface area contributed by atoms with Crippen LogP contribution in [-0.2, 0) is 16.1 Å². The summed E-state index contributed by atoms with van der Waals surface area (Å²) in [5, 5.41) is 15.1. The Hall–Kier alpha value is -4.18. The number of nitrogens with zero attached hydrogens (tertiary/aromatic N) is 1. The quantitative estimate of drug-likeness (QED) is 0.0996. The monoisotopic (exact) mass is 723 g/mol. The van der Waals surface area contributed by atoms with E-state index in [1.807, 2.05) is 42.5 Å². The zero-order valence-electron chi connectivity index (χ0n) is 30.1. The van der Waals surface area contributed by atoms with E-state index in [-0.39, 0.29) is 30.1 Å². The van der Waals surface area contributed by atoms with Gasteiger partial charge in [0.05, 0.1) is 13.1 Å². The van der Waals surface area contributed by atoms with Gasteiger partial charge in [0.15, 0.2) is 0 Å². The lowest BCUT2D eigenvalue weighted by atomic mass is 9.67. The number of nitrogen functional groups attached to an aromatic ring is 1. The summed E-state index contributed by atoms with van der Waals surface area (Å²) in [6.45, 7) is 0.601. The molecule has 2 unspecified atom stereocenters. The van der Waals surface area contributed by atoms with Crippen LogP contribution in [0.3, 0.4) is 0 Å². The Balaban J connectivity index is 0.936. The number of hydrogen-bond acceptors (Lipinski definition) is 6. The topological polar surface area (TPSA) is 138 Å². The molecule has 1 saturated heterocycles. The zero-order chi connectivity index (χ0) is 36.0. The van der Waals surface area contributed by atoms with Gasteiger partial charge in [-0.25, -0.2) is 0 Å². The van der Waals surface area contributed by atoms with E-state index in [2.05, 4.69) is 10.6 Å². The van der Waals surface area contributed by atoms with E-state index >= 15 is 0 Å². The molecule has 1 aliphatic heterocycles. The number of carbonyl (C=O) groups excluding carboxylic acids is 3. The Kier molecular flexibility index (Phi) is 11.6. The molecule has 3 saturated carbocycles. The first-order valence-corrected chi connectivity index (χ1v) is 20.3. The van der Waals surface area contributed by atoms with Crippen molar-refractivity contribution in [2.24, 2.45) is 29.4 Å². The fourth-order valence-corrected chi connectivity index (χ4v) is 10.1. The molecule has 3 amide bonds. The van der Waals surface area contributed by atoms with Crippen molar-refractivity contribution >= 4 is 34.9 Å². The molecule has 5 N–H and O–H groups in total. The van der Waals surface area contributed by atoms with E-state index in [4.69, 9.17) is 15.9 Å². The molecule has 3 aromatic rings. The fourth-order valence-electron chi connectivity index (χ4n) is 9.30. The molecule has 1 aromatic heterocycles. The molecule has 10 heteroatoms. The molecular formula is C42H53N5O4S. The molecule has 0 spiro atoms. The van der Waals surface area contributed by atoms with Crippen LogP contribution in [0.25, 0.3) is 0 Å². The third-order valence-corrected chi connectivity index (χ3v) is 13.0. The van der Waals surface area contributed by atoms with Gasteiger partial charge >= 0.3 is 0 Å². The number of likely N-dealkylation sites (tertiary alicyclic amines) is 1. The Morgan fingerprint density at radius 3 is 2.31 bits per heavy atom. The highest BCUT2D eigenvalue weighted by molar-refractivity contribution is 7.10. The minimum absolute atomic E-state index is 0.00962. The van der Waals surface area contributed by atoms with Crippen molar-refractivity contribution in [2.75, 3.05) is 13.1 Å². The molecule has 276 valence electrons. The van der Waals surface area contributed by atoms with Crippen molar-refractivity contribution in [1.82, 2.24) is 15.5 Å². The van der Waals surface area contributed by atoms with Crippen LogP contribution in [-0.4, -0.2) is 47.6 Å². The summed E-state index contributed by atoms with van der Waals surface area (Å²) in [6, 6.07) is 16.6. The van der Waals surface area contributed by atoms with Crippen LogP contribution in [0.15, 0.2) is 60.0 Å². The van der Waals surface area contributed by atoms with Gasteiger partial charge in [0.1, 0.15) is 23.4 Å². The van der Waals surface area contributed by atoms with E-state index in [1.54, 1.807) is 22.4 Å². The third kappa shape index (κ3) is 8.88. The maximum absolute atomic E-state index is 13.5. The molecule has 4 fully saturated rings. The van der Waals surface area contributed by atoms with Crippen molar-refractivity contribution in [1.29, 1.82) is 5.41 Å². The lowest BCUT2D eigenvalue weighted by Gasteiger charge is -2.38. The van der Waals surface area contributed by atoms with E-state index in [0.717, 1.165) is 59.0 Å². The number of hydrogen-bond donors (Lipinski definition) is 4. The number of para-hydroxylation sites is 1. The van der Waals surface area contributed by atoms with Crippen molar-refractivity contribution in [2.45, 2.75) is 102 Å². The standard InChI is InChI=1S/C42H53N5O4S/c43-40(44)33-22-35(52-26-33)24-45-42(50)37-11-6-16-47(37)39(48)25-46-41(49)31-14-15-38(51-34-9-2-1-3-10-34)36(23-31)32-20-30(21-32)19-29-13-12-28(18-29)17-27-7-4-5-8-27/h1-3,9-10,14-15,22-23,26-30,32,37H,4-8,11-13,16-21,24-25H2,(H3,43,44)(H,45,50)(H,46,49)/t28?,29?,30?,32?,37-/m0/s1. The molecule has 3 aliphatic carbocycles. The first kappa shape index (κ1) is 36.2. The largest absolute Gasteiger partial charge is 0.457 e. The summed E-state index contributed by atoms with van der Waals surface area (Å²) >= 11 is 1.43. The predicted octanol–water partition coefficient (Wildman–Crippen LogP) is 7.74. The highest BCUT2D eigenvalue weighted by Gasteiger charge is 2.37. The van der Waals surface area contributed by atoms with Crippen molar-refractivity contribution < 1.29 is 19.1 Å². The van der Waals surface area contributed by atoms with Crippen LogP contribution in [0.4, 0.5) is 0 Å². The summed E-state index contributed by atoms with van der Waals surface area (Å²) in [4.78, 5) is 42.3. The summed E-state index contributed by atoms with van der Waals surface area (Å²) in [6.07, 6.45) is 16.3. The Morgan fingerprint density at radius 1 is 0.827 bits per heavy atom. The second-order valence-electron chi connectivity index (χ2n) is 15.7. The Morgan fingerprint density at radius 2 is 1.58 bits per heavy atom. The lowest BCUT2D eigenvalue weighted by molar-refractivity contribution is -0.137. The molecule has 4 aliphatic rings. The lowest BCUT2D eigenvalue weighted by Crippen LogP contribution is -2.48. The third-order valence-electron chi connectivity index (χ3n) is 12.1. The summed E-state index contributed by atoms with van der Waals surface area (Å²) in [7, 11) is 0. The number of ether oxygens (including phenoxy) is 1. The SMILES string of the molecule is N=C(N)c1csc(CNC(=O)[C@@H]2CCCN2C(=O)CNC(=O)c2ccc(Oc3ccccc3)c(C3CC(CC4CCC(CC5CCCC5)C4)C3)c2)c1. The molecule has 0 bridgehead atoms. The Bertz CT molecular complexity index is 1730. The molecule has 7 rings (SSSR count).